The molecule has 1 saturated carbocycles. The van der Waals surface area contributed by atoms with Gasteiger partial charge < -0.3 is 9.74 Å². The maximum Gasteiger partial charge on any atom is 0.263 e. The molecule has 0 aliphatic heterocycles. The van der Waals surface area contributed by atoms with Gasteiger partial charge in [-0.3, -0.25) is 4.79 Å². The van der Waals surface area contributed by atoms with Gasteiger partial charge in [-0.2, -0.15) is 0 Å². The van der Waals surface area contributed by atoms with Crippen LogP contribution >= 0.6 is 0 Å². The minimum Gasteiger partial charge on any atom is -0.385 e. The molecule has 0 unspecified atom stereocenters. The summed E-state index contributed by atoms with van der Waals surface area (Å²) in [5, 5.41) is 7.83. The average molecular weight is 395 g/mol. The number of nitrogens with zero attached hydrogens (tertiary/aromatic N) is 5. The molecule has 0 saturated heterocycles. The SMILES string of the molecule is CN(C(=O)COn1nnc2ccc(S(=O)(=O)N(C)C)cc21)C1CCCCC1. The second-order valence-corrected chi connectivity index (χ2v) is 9.12. The van der Waals surface area contributed by atoms with E-state index >= 15 is 0 Å². The summed E-state index contributed by atoms with van der Waals surface area (Å²) in [6.07, 6.45) is 5.53. The number of fused-ring (bicyclic) bond motifs is 1. The molecule has 1 aliphatic rings. The number of likely N-dealkylation sites (N-methyl/N-ethyl adjacent to an activating group) is 1. The minimum atomic E-state index is -3.59. The molecule has 148 valence electrons. The van der Waals surface area contributed by atoms with Gasteiger partial charge in [-0.05, 0) is 36.3 Å². The van der Waals surface area contributed by atoms with Crippen molar-refractivity contribution in [2.45, 2.75) is 43.0 Å². The number of benzene rings is 1. The molecule has 10 heteroatoms. The lowest BCUT2D eigenvalue weighted by molar-refractivity contribution is -0.138. The van der Waals surface area contributed by atoms with Gasteiger partial charge in [0.1, 0.15) is 11.0 Å². The molecular formula is C17H25N5O4S. The van der Waals surface area contributed by atoms with Crippen molar-refractivity contribution in [3.8, 4) is 0 Å². The topological polar surface area (TPSA) is 97.6 Å². The molecule has 1 heterocycles. The second kappa shape index (κ2) is 7.81. The molecule has 1 aromatic carbocycles. The minimum absolute atomic E-state index is 0.109. The largest absolute Gasteiger partial charge is 0.385 e. The zero-order valence-electron chi connectivity index (χ0n) is 15.8. The Bertz CT molecular complexity index is 919. The molecule has 2 aromatic rings. The van der Waals surface area contributed by atoms with Crippen molar-refractivity contribution in [2.75, 3.05) is 27.7 Å². The van der Waals surface area contributed by atoms with E-state index in [2.05, 4.69) is 10.3 Å². The van der Waals surface area contributed by atoms with Crippen molar-refractivity contribution in [2.24, 2.45) is 0 Å². The van der Waals surface area contributed by atoms with E-state index in [4.69, 9.17) is 4.84 Å². The van der Waals surface area contributed by atoms with Crippen LogP contribution in [0.2, 0.25) is 0 Å². The van der Waals surface area contributed by atoms with E-state index in [0.29, 0.717) is 11.0 Å². The van der Waals surface area contributed by atoms with E-state index in [-0.39, 0.29) is 23.5 Å². The first kappa shape index (κ1) is 19.6. The lowest BCUT2D eigenvalue weighted by Gasteiger charge is -2.31. The number of hydrogen-bond donors (Lipinski definition) is 0. The molecule has 0 bridgehead atoms. The van der Waals surface area contributed by atoms with E-state index < -0.39 is 10.0 Å². The zero-order chi connectivity index (χ0) is 19.6. The monoisotopic (exact) mass is 395 g/mol. The van der Waals surface area contributed by atoms with Crippen LogP contribution in [0.1, 0.15) is 32.1 Å². The Labute approximate surface area is 158 Å². The standard InChI is InChI=1S/C17H25N5O4S/c1-20(2)27(24,25)14-9-10-15-16(11-14)22(19-18-15)26-12-17(23)21(3)13-7-5-4-6-8-13/h9-11,13H,4-8,12H2,1-3H3. The number of aromatic nitrogens is 3. The molecule has 3 rings (SSSR count). The third-order valence-corrected chi connectivity index (χ3v) is 6.80. The van der Waals surface area contributed by atoms with Crippen LogP contribution in [0.4, 0.5) is 0 Å². The Kier molecular flexibility index (Phi) is 5.66. The predicted molar refractivity (Wildman–Crippen MR) is 99.5 cm³/mol. The summed E-state index contributed by atoms with van der Waals surface area (Å²) in [6.45, 7) is -0.184. The van der Waals surface area contributed by atoms with Crippen LogP contribution < -0.4 is 4.84 Å². The van der Waals surface area contributed by atoms with Crippen LogP contribution in [0.3, 0.4) is 0 Å². The number of hydrogen-bond acceptors (Lipinski definition) is 6. The molecule has 0 N–H and O–H groups in total. The Morgan fingerprint density at radius 3 is 2.59 bits per heavy atom. The fourth-order valence-electron chi connectivity index (χ4n) is 3.23. The van der Waals surface area contributed by atoms with Crippen LogP contribution in [0.15, 0.2) is 23.1 Å². The van der Waals surface area contributed by atoms with E-state index in [1.165, 1.54) is 32.6 Å². The second-order valence-electron chi connectivity index (χ2n) is 6.97. The van der Waals surface area contributed by atoms with Crippen LogP contribution in [0.5, 0.6) is 0 Å². The average Bonchev–Trinajstić information content (AvgIpc) is 3.08. The van der Waals surface area contributed by atoms with Gasteiger partial charge in [-0.15, -0.1) is 5.10 Å². The predicted octanol–water partition coefficient (Wildman–Crippen LogP) is 0.901. The summed E-state index contributed by atoms with van der Waals surface area (Å²) in [6, 6.07) is 4.73. The normalized spacial score (nSPS) is 16.0. The smallest absolute Gasteiger partial charge is 0.263 e. The fourth-order valence-corrected chi connectivity index (χ4v) is 4.16. The summed E-state index contributed by atoms with van der Waals surface area (Å²) in [5.41, 5.74) is 0.881. The highest BCUT2D eigenvalue weighted by Crippen LogP contribution is 2.22. The first-order chi connectivity index (χ1) is 12.8. The van der Waals surface area contributed by atoms with Gasteiger partial charge in [-0.1, -0.05) is 24.1 Å². The highest BCUT2D eigenvalue weighted by Gasteiger charge is 2.23. The Morgan fingerprint density at radius 2 is 1.93 bits per heavy atom. The maximum atomic E-state index is 12.4. The molecular weight excluding hydrogens is 370 g/mol. The van der Waals surface area contributed by atoms with Crippen molar-refractivity contribution in [1.82, 2.24) is 24.4 Å². The summed E-state index contributed by atoms with van der Waals surface area (Å²) < 4.78 is 25.8. The van der Waals surface area contributed by atoms with Gasteiger partial charge >= 0.3 is 0 Å². The molecule has 1 aromatic heterocycles. The Balaban J connectivity index is 1.74. The van der Waals surface area contributed by atoms with E-state index in [9.17, 15) is 13.2 Å². The first-order valence-corrected chi connectivity index (χ1v) is 10.4. The first-order valence-electron chi connectivity index (χ1n) is 8.97. The Morgan fingerprint density at radius 1 is 1.22 bits per heavy atom. The van der Waals surface area contributed by atoms with Crippen molar-refractivity contribution < 1.29 is 18.0 Å². The fraction of sp³-hybridized carbons (Fsp3) is 0.588. The summed E-state index contributed by atoms with van der Waals surface area (Å²) in [5.74, 6) is -0.136. The third-order valence-electron chi connectivity index (χ3n) is 4.99. The van der Waals surface area contributed by atoms with Crippen LogP contribution in [0.25, 0.3) is 11.0 Å². The highest BCUT2D eigenvalue weighted by atomic mass is 32.2. The van der Waals surface area contributed by atoms with E-state index in [1.807, 2.05) is 0 Å². The summed E-state index contributed by atoms with van der Waals surface area (Å²) in [7, 11) is 1.13. The molecule has 1 fully saturated rings. The van der Waals surface area contributed by atoms with Crippen LogP contribution in [-0.2, 0) is 14.8 Å². The number of carbonyl (C=O) groups is 1. The van der Waals surface area contributed by atoms with Crippen molar-refractivity contribution in [3.05, 3.63) is 18.2 Å². The molecule has 1 aliphatic carbocycles. The van der Waals surface area contributed by atoms with Gasteiger partial charge in [0.15, 0.2) is 6.61 Å². The van der Waals surface area contributed by atoms with Crippen LogP contribution in [-0.4, -0.2) is 72.5 Å². The van der Waals surface area contributed by atoms with Crippen LogP contribution in [0, 0.1) is 0 Å². The highest BCUT2D eigenvalue weighted by molar-refractivity contribution is 7.89. The van der Waals surface area contributed by atoms with Gasteiger partial charge in [0, 0.05) is 27.2 Å². The molecule has 1 amide bonds. The lowest BCUT2D eigenvalue weighted by atomic mass is 9.94. The molecule has 0 spiro atoms. The molecule has 27 heavy (non-hydrogen) atoms. The summed E-state index contributed by atoms with van der Waals surface area (Å²) in [4.78, 5) is 20.9. The Hall–Kier alpha value is -2.20. The van der Waals surface area contributed by atoms with Gasteiger partial charge in [-0.25, -0.2) is 12.7 Å². The number of carbonyl (C=O) groups excluding carboxylic acids is 1. The lowest BCUT2D eigenvalue weighted by Crippen LogP contribution is -2.41. The molecule has 0 radical (unpaired) electrons. The quantitative estimate of drug-likeness (QED) is 0.721. The number of sulfonamides is 1. The van der Waals surface area contributed by atoms with Crippen molar-refractivity contribution in [1.29, 1.82) is 0 Å². The molecule has 9 nitrogen and oxygen atoms in total. The summed E-state index contributed by atoms with van der Waals surface area (Å²) >= 11 is 0. The third kappa shape index (κ3) is 4.06. The van der Waals surface area contributed by atoms with Gasteiger partial charge in [0.25, 0.3) is 5.91 Å². The zero-order valence-corrected chi connectivity index (χ0v) is 16.6. The van der Waals surface area contributed by atoms with Gasteiger partial charge in [0.05, 0.1) is 4.90 Å². The van der Waals surface area contributed by atoms with Crippen molar-refractivity contribution >= 4 is 27.0 Å². The van der Waals surface area contributed by atoms with Crippen molar-refractivity contribution in [3.63, 3.8) is 0 Å². The maximum absolute atomic E-state index is 12.4. The van der Waals surface area contributed by atoms with Gasteiger partial charge in [0.2, 0.25) is 10.0 Å². The molecule has 0 atom stereocenters. The van der Waals surface area contributed by atoms with E-state index in [0.717, 1.165) is 34.8 Å². The number of amides is 1. The number of rotatable bonds is 6. The van der Waals surface area contributed by atoms with E-state index in [1.54, 1.807) is 18.0 Å².